The molecule has 1 aliphatic heterocycles. The molecule has 1 N–H and O–H groups in total. The molecular formula is C14H24O2. The van der Waals surface area contributed by atoms with Gasteiger partial charge in [-0.25, -0.2) is 0 Å². The standard InChI is InChI=1S/C14H24O2/c15-14(13-9-6-10-16-11-13)12-7-4-2-1-3-5-8-12/h7,13-15H,1-6,8-11H2. The molecule has 2 atom stereocenters. The van der Waals surface area contributed by atoms with Gasteiger partial charge in [0.15, 0.2) is 0 Å². The second-order valence-electron chi connectivity index (χ2n) is 5.15. The molecule has 2 heteroatoms. The number of ether oxygens (including phenoxy) is 1. The summed E-state index contributed by atoms with van der Waals surface area (Å²) in [7, 11) is 0. The van der Waals surface area contributed by atoms with Crippen LogP contribution in [0.1, 0.15) is 51.4 Å². The van der Waals surface area contributed by atoms with E-state index in [0.717, 1.165) is 38.9 Å². The Balaban J connectivity index is 1.92. The first-order valence-electron chi connectivity index (χ1n) is 6.82. The van der Waals surface area contributed by atoms with Gasteiger partial charge in [0, 0.05) is 12.5 Å². The molecule has 0 aromatic carbocycles. The summed E-state index contributed by atoms with van der Waals surface area (Å²) in [4.78, 5) is 0. The summed E-state index contributed by atoms with van der Waals surface area (Å²) in [5, 5.41) is 10.4. The molecule has 2 nitrogen and oxygen atoms in total. The van der Waals surface area contributed by atoms with Gasteiger partial charge in [-0.3, -0.25) is 0 Å². The van der Waals surface area contributed by atoms with Crippen LogP contribution in [0.15, 0.2) is 11.6 Å². The lowest BCUT2D eigenvalue weighted by molar-refractivity contribution is 0.00296. The van der Waals surface area contributed by atoms with Gasteiger partial charge < -0.3 is 9.84 Å². The summed E-state index contributed by atoms with van der Waals surface area (Å²) >= 11 is 0. The highest BCUT2D eigenvalue weighted by atomic mass is 16.5. The Morgan fingerprint density at radius 3 is 2.88 bits per heavy atom. The van der Waals surface area contributed by atoms with Crippen molar-refractivity contribution in [1.82, 2.24) is 0 Å². The zero-order valence-electron chi connectivity index (χ0n) is 10.2. The second kappa shape index (κ2) is 6.41. The lowest BCUT2D eigenvalue weighted by Gasteiger charge is -2.29. The highest BCUT2D eigenvalue weighted by Gasteiger charge is 2.25. The van der Waals surface area contributed by atoms with Crippen LogP contribution < -0.4 is 0 Å². The van der Waals surface area contributed by atoms with E-state index in [1.807, 2.05) is 0 Å². The van der Waals surface area contributed by atoms with Crippen molar-refractivity contribution < 1.29 is 9.84 Å². The summed E-state index contributed by atoms with van der Waals surface area (Å²) in [5.74, 6) is 0.347. The number of aliphatic hydroxyl groups excluding tert-OH is 1. The number of rotatable bonds is 2. The van der Waals surface area contributed by atoms with E-state index < -0.39 is 0 Å². The van der Waals surface area contributed by atoms with Gasteiger partial charge in [-0.2, -0.15) is 0 Å². The van der Waals surface area contributed by atoms with E-state index in [1.165, 1.54) is 31.3 Å². The fraction of sp³-hybridized carbons (Fsp3) is 0.857. The Morgan fingerprint density at radius 2 is 2.06 bits per heavy atom. The normalized spacial score (nSPS) is 30.1. The molecule has 2 unspecified atom stereocenters. The molecule has 1 aliphatic carbocycles. The molecule has 0 radical (unpaired) electrons. The van der Waals surface area contributed by atoms with Crippen molar-refractivity contribution in [3.63, 3.8) is 0 Å². The van der Waals surface area contributed by atoms with E-state index in [-0.39, 0.29) is 6.10 Å². The smallest absolute Gasteiger partial charge is 0.0800 e. The molecule has 0 saturated carbocycles. The molecule has 1 saturated heterocycles. The molecule has 92 valence electrons. The van der Waals surface area contributed by atoms with Gasteiger partial charge in [0.25, 0.3) is 0 Å². The first kappa shape index (κ1) is 12.1. The van der Waals surface area contributed by atoms with Gasteiger partial charge >= 0.3 is 0 Å². The minimum absolute atomic E-state index is 0.238. The van der Waals surface area contributed by atoms with Crippen LogP contribution in [0.3, 0.4) is 0 Å². The maximum atomic E-state index is 10.4. The fourth-order valence-electron chi connectivity index (χ4n) is 2.80. The zero-order chi connectivity index (χ0) is 11.2. The lowest BCUT2D eigenvalue weighted by atomic mass is 9.87. The Bertz CT molecular complexity index is 229. The molecule has 16 heavy (non-hydrogen) atoms. The van der Waals surface area contributed by atoms with Crippen molar-refractivity contribution in [3.05, 3.63) is 11.6 Å². The molecule has 2 rings (SSSR count). The third-order valence-electron chi connectivity index (χ3n) is 3.85. The van der Waals surface area contributed by atoms with Gasteiger partial charge in [0.2, 0.25) is 0 Å². The molecule has 1 heterocycles. The molecular weight excluding hydrogens is 200 g/mol. The van der Waals surface area contributed by atoms with Crippen molar-refractivity contribution in [2.45, 2.75) is 57.5 Å². The van der Waals surface area contributed by atoms with Crippen molar-refractivity contribution in [2.75, 3.05) is 13.2 Å². The topological polar surface area (TPSA) is 29.5 Å². The third kappa shape index (κ3) is 3.33. The zero-order valence-corrected chi connectivity index (χ0v) is 10.2. The summed E-state index contributed by atoms with van der Waals surface area (Å²) in [5.41, 5.74) is 1.29. The monoisotopic (exact) mass is 224 g/mol. The summed E-state index contributed by atoms with van der Waals surface area (Å²) < 4.78 is 5.46. The molecule has 2 aliphatic rings. The predicted molar refractivity (Wildman–Crippen MR) is 65.3 cm³/mol. The molecule has 0 bridgehead atoms. The van der Waals surface area contributed by atoms with Crippen LogP contribution >= 0.6 is 0 Å². The summed E-state index contributed by atoms with van der Waals surface area (Å²) in [6.45, 7) is 1.63. The third-order valence-corrected chi connectivity index (χ3v) is 3.85. The van der Waals surface area contributed by atoms with E-state index in [1.54, 1.807) is 0 Å². The van der Waals surface area contributed by atoms with Gasteiger partial charge in [-0.05, 0) is 44.1 Å². The number of aliphatic hydroxyl groups is 1. The predicted octanol–water partition coefficient (Wildman–Crippen LogP) is 3.05. The van der Waals surface area contributed by atoms with Gasteiger partial charge in [-0.1, -0.05) is 18.9 Å². The average Bonchev–Trinajstić information content (AvgIpc) is 2.29. The minimum Gasteiger partial charge on any atom is -0.388 e. The second-order valence-corrected chi connectivity index (χ2v) is 5.15. The largest absolute Gasteiger partial charge is 0.388 e. The van der Waals surface area contributed by atoms with E-state index in [4.69, 9.17) is 4.74 Å². The van der Waals surface area contributed by atoms with Crippen molar-refractivity contribution in [3.8, 4) is 0 Å². The van der Waals surface area contributed by atoms with Crippen molar-refractivity contribution in [2.24, 2.45) is 5.92 Å². The highest BCUT2D eigenvalue weighted by Crippen LogP contribution is 2.27. The molecule has 0 amide bonds. The van der Waals surface area contributed by atoms with Crippen LogP contribution in [-0.2, 0) is 4.74 Å². The first-order valence-corrected chi connectivity index (χ1v) is 6.82. The Labute approximate surface area is 98.7 Å². The maximum absolute atomic E-state index is 10.4. The average molecular weight is 224 g/mol. The summed E-state index contributed by atoms with van der Waals surface area (Å²) in [6, 6.07) is 0. The number of allylic oxidation sites excluding steroid dienone is 1. The van der Waals surface area contributed by atoms with Crippen LogP contribution in [0.5, 0.6) is 0 Å². The SMILES string of the molecule is OC(C1=CCCCCCC1)C1CCCOC1. The lowest BCUT2D eigenvalue weighted by Crippen LogP contribution is -2.30. The molecule has 0 spiro atoms. The Kier molecular flexibility index (Phi) is 4.86. The Morgan fingerprint density at radius 1 is 1.19 bits per heavy atom. The van der Waals surface area contributed by atoms with E-state index >= 15 is 0 Å². The number of hydrogen-bond acceptors (Lipinski definition) is 2. The molecule has 0 aromatic rings. The first-order chi connectivity index (χ1) is 7.88. The van der Waals surface area contributed by atoms with Crippen molar-refractivity contribution in [1.29, 1.82) is 0 Å². The van der Waals surface area contributed by atoms with Crippen LogP contribution in [0.2, 0.25) is 0 Å². The Hall–Kier alpha value is -0.340. The van der Waals surface area contributed by atoms with E-state index in [9.17, 15) is 5.11 Å². The maximum Gasteiger partial charge on any atom is 0.0800 e. The number of hydrogen-bond donors (Lipinski definition) is 1. The van der Waals surface area contributed by atoms with Gasteiger partial charge in [0.1, 0.15) is 0 Å². The van der Waals surface area contributed by atoms with Crippen LogP contribution in [0, 0.1) is 5.92 Å². The van der Waals surface area contributed by atoms with Gasteiger partial charge in [0.05, 0.1) is 12.7 Å². The summed E-state index contributed by atoms with van der Waals surface area (Å²) in [6.07, 6.45) is 11.7. The molecule has 0 aromatic heterocycles. The van der Waals surface area contributed by atoms with Crippen LogP contribution in [0.4, 0.5) is 0 Å². The van der Waals surface area contributed by atoms with Gasteiger partial charge in [-0.15, -0.1) is 0 Å². The van der Waals surface area contributed by atoms with E-state index in [2.05, 4.69) is 6.08 Å². The van der Waals surface area contributed by atoms with Crippen molar-refractivity contribution >= 4 is 0 Å². The van der Waals surface area contributed by atoms with Crippen LogP contribution in [-0.4, -0.2) is 24.4 Å². The molecule has 1 fully saturated rings. The quantitative estimate of drug-likeness (QED) is 0.730. The highest BCUT2D eigenvalue weighted by molar-refractivity contribution is 5.10. The fourth-order valence-corrected chi connectivity index (χ4v) is 2.80. The minimum atomic E-state index is -0.238. The van der Waals surface area contributed by atoms with Crippen LogP contribution in [0.25, 0.3) is 0 Å². The van der Waals surface area contributed by atoms with E-state index in [0.29, 0.717) is 5.92 Å².